The molecular formula is C14H17Cl2N3O3. The molecule has 22 heavy (non-hydrogen) atoms. The lowest BCUT2D eigenvalue weighted by molar-refractivity contribution is -0.116. The minimum Gasteiger partial charge on any atom is -0.495 e. The molecule has 3 N–H and O–H groups in total. The number of carbonyl (C=O) groups is 1. The van der Waals surface area contributed by atoms with E-state index in [1.165, 1.54) is 7.11 Å². The zero-order valence-electron chi connectivity index (χ0n) is 12.2. The monoisotopic (exact) mass is 345 g/mol. The van der Waals surface area contributed by atoms with Crippen molar-refractivity contribution in [2.24, 2.45) is 0 Å². The Balaban J connectivity index is 0.00000242. The molecule has 8 heteroatoms. The summed E-state index contributed by atoms with van der Waals surface area (Å²) in [6, 6.07) is 5.07. The number of anilines is 2. The first kappa shape index (κ1) is 18.1. The number of benzene rings is 1. The number of nitrogens with one attached hydrogen (secondary N) is 1. The van der Waals surface area contributed by atoms with E-state index in [0.717, 1.165) is 5.56 Å². The predicted octanol–water partition coefficient (Wildman–Crippen LogP) is 3.22. The summed E-state index contributed by atoms with van der Waals surface area (Å²) < 4.78 is 9.90. The van der Waals surface area contributed by atoms with Crippen molar-refractivity contribution >= 4 is 41.3 Å². The van der Waals surface area contributed by atoms with Crippen LogP contribution in [0.1, 0.15) is 17.7 Å². The van der Waals surface area contributed by atoms with Crippen molar-refractivity contribution in [3.63, 3.8) is 0 Å². The van der Waals surface area contributed by atoms with Crippen LogP contribution in [-0.4, -0.2) is 18.2 Å². The SMILES string of the molecule is COc1ccc(NC(=O)CCc2c(C)noc2Cl)cc1N.Cl. The number of aromatic nitrogens is 1. The molecule has 0 bridgehead atoms. The molecule has 0 unspecified atom stereocenters. The summed E-state index contributed by atoms with van der Waals surface area (Å²) in [6.45, 7) is 1.78. The number of halogens is 2. The number of nitrogens with zero attached hydrogens (tertiary/aromatic N) is 1. The Hall–Kier alpha value is -1.92. The molecular weight excluding hydrogens is 329 g/mol. The molecule has 6 nitrogen and oxygen atoms in total. The van der Waals surface area contributed by atoms with Crippen LogP contribution in [0.2, 0.25) is 5.22 Å². The van der Waals surface area contributed by atoms with Crippen LogP contribution in [0.15, 0.2) is 22.7 Å². The van der Waals surface area contributed by atoms with E-state index in [-0.39, 0.29) is 30.0 Å². The molecule has 120 valence electrons. The van der Waals surface area contributed by atoms with Gasteiger partial charge in [-0.15, -0.1) is 12.4 Å². The van der Waals surface area contributed by atoms with Gasteiger partial charge in [0, 0.05) is 17.7 Å². The number of hydrogen-bond donors (Lipinski definition) is 2. The van der Waals surface area contributed by atoms with E-state index in [4.69, 9.17) is 26.6 Å². The van der Waals surface area contributed by atoms with Crippen molar-refractivity contribution in [2.45, 2.75) is 19.8 Å². The molecule has 0 spiro atoms. The highest BCUT2D eigenvalue weighted by Crippen LogP contribution is 2.25. The minimum atomic E-state index is -0.142. The molecule has 0 fully saturated rings. The maximum atomic E-state index is 11.9. The molecule has 1 aromatic heterocycles. The number of amides is 1. The van der Waals surface area contributed by atoms with Gasteiger partial charge in [-0.2, -0.15) is 0 Å². The second kappa shape index (κ2) is 7.91. The number of aryl methyl sites for hydroxylation is 1. The Kier molecular flexibility index (Phi) is 6.52. The van der Waals surface area contributed by atoms with Crippen LogP contribution >= 0.6 is 24.0 Å². The third kappa shape index (κ3) is 4.29. The Morgan fingerprint density at radius 3 is 2.77 bits per heavy atom. The van der Waals surface area contributed by atoms with Crippen molar-refractivity contribution in [1.82, 2.24) is 5.16 Å². The molecule has 1 heterocycles. The Bertz CT molecular complexity index is 639. The van der Waals surface area contributed by atoms with Crippen LogP contribution in [0.3, 0.4) is 0 Å². The quantitative estimate of drug-likeness (QED) is 0.812. The molecule has 1 amide bonds. The molecule has 0 saturated heterocycles. The molecule has 0 radical (unpaired) electrons. The van der Waals surface area contributed by atoms with Gasteiger partial charge in [0.15, 0.2) is 0 Å². The van der Waals surface area contributed by atoms with Crippen LogP contribution in [-0.2, 0) is 11.2 Å². The summed E-state index contributed by atoms with van der Waals surface area (Å²) in [6.07, 6.45) is 0.735. The van der Waals surface area contributed by atoms with Gasteiger partial charge in [0.1, 0.15) is 5.75 Å². The number of nitrogens with two attached hydrogens (primary N) is 1. The maximum absolute atomic E-state index is 11.9. The van der Waals surface area contributed by atoms with Crippen LogP contribution in [0.25, 0.3) is 0 Å². The highest BCUT2D eigenvalue weighted by Gasteiger charge is 2.13. The molecule has 0 aliphatic heterocycles. The zero-order valence-corrected chi connectivity index (χ0v) is 13.8. The fourth-order valence-electron chi connectivity index (χ4n) is 1.91. The first-order valence-electron chi connectivity index (χ1n) is 6.35. The second-order valence-corrected chi connectivity index (χ2v) is 4.87. The van der Waals surface area contributed by atoms with Crippen molar-refractivity contribution in [2.75, 3.05) is 18.2 Å². The third-order valence-electron chi connectivity index (χ3n) is 3.05. The Morgan fingerprint density at radius 1 is 1.50 bits per heavy atom. The lowest BCUT2D eigenvalue weighted by atomic mass is 10.1. The summed E-state index contributed by atoms with van der Waals surface area (Å²) in [5, 5.41) is 6.74. The van der Waals surface area contributed by atoms with Crippen molar-refractivity contribution < 1.29 is 14.1 Å². The predicted molar refractivity (Wildman–Crippen MR) is 87.9 cm³/mol. The van der Waals surface area contributed by atoms with Gasteiger partial charge in [-0.3, -0.25) is 4.79 Å². The van der Waals surface area contributed by atoms with E-state index in [1.54, 1.807) is 25.1 Å². The Labute approximate surface area is 139 Å². The van der Waals surface area contributed by atoms with E-state index in [0.29, 0.717) is 29.2 Å². The second-order valence-electron chi connectivity index (χ2n) is 4.53. The van der Waals surface area contributed by atoms with Crippen LogP contribution in [0, 0.1) is 6.92 Å². The zero-order chi connectivity index (χ0) is 15.4. The maximum Gasteiger partial charge on any atom is 0.229 e. The number of carbonyl (C=O) groups excluding carboxylic acids is 1. The molecule has 0 atom stereocenters. The van der Waals surface area contributed by atoms with E-state index in [1.807, 2.05) is 0 Å². The summed E-state index contributed by atoms with van der Waals surface area (Å²) >= 11 is 5.85. The largest absolute Gasteiger partial charge is 0.495 e. The van der Waals surface area contributed by atoms with E-state index >= 15 is 0 Å². The van der Waals surface area contributed by atoms with Gasteiger partial charge in [0.2, 0.25) is 11.1 Å². The number of rotatable bonds is 5. The van der Waals surface area contributed by atoms with E-state index in [2.05, 4.69) is 10.5 Å². The first-order chi connectivity index (χ1) is 10.0. The standard InChI is InChI=1S/C14H16ClN3O3.ClH/c1-8-10(14(15)21-18-8)4-6-13(19)17-9-3-5-12(20-2)11(16)7-9;/h3,5,7H,4,6,16H2,1-2H3,(H,17,19);1H. The lowest BCUT2D eigenvalue weighted by Gasteiger charge is -2.08. The van der Waals surface area contributed by atoms with Gasteiger partial charge in [-0.05, 0) is 43.1 Å². The summed E-state index contributed by atoms with van der Waals surface area (Å²) in [4.78, 5) is 11.9. The van der Waals surface area contributed by atoms with Crippen LogP contribution < -0.4 is 15.8 Å². The van der Waals surface area contributed by atoms with Crippen LogP contribution in [0.5, 0.6) is 5.75 Å². The fraction of sp³-hybridized carbons (Fsp3) is 0.286. The van der Waals surface area contributed by atoms with Gasteiger partial charge >= 0.3 is 0 Å². The summed E-state index contributed by atoms with van der Waals surface area (Å²) in [7, 11) is 1.54. The first-order valence-corrected chi connectivity index (χ1v) is 6.73. The average molecular weight is 346 g/mol. The number of nitrogen functional groups attached to an aromatic ring is 1. The molecule has 0 aliphatic rings. The Morgan fingerprint density at radius 2 is 2.23 bits per heavy atom. The van der Waals surface area contributed by atoms with Crippen molar-refractivity contribution in [3.05, 3.63) is 34.7 Å². The molecule has 0 saturated carbocycles. The van der Waals surface area contributed by atoms with Gasteiger partial charge in [-0.1, -0.05) is 5.16 Å². The van der Waals surface area contributed by atoms with Gasteiger partial charge in [0.25, 0.3) is 0 Å². The topological polar surface area (TPSA) is 90.4 Å². The molecule has 0 aliphatic carbocycles. The van der Waals surface area contributed by atoms with E-state index < -0.39 is 0 Å². The highest BCUT2D eigenvalue weighted by atomic mass is 35.5. The van der Waals surface area contributed by atoms with Crippen molar-refractivity contribution in [3.8, 4) is 5.75 Å². The highest BCUT2D eigenvalue weighted by molar-refractivity contribution is 6.29. The summed E-state index contributed by atoms with van der Waals surface area (Å²) in [5.74, 6) is 0.427. The van der Waals surface area contributed by atoms with Crippen molar-refractivity contribution in [1.29, 1.82) is 0 Å². The minimum absolute atomic E-state index is 0. The normalized spacial score (nSPS) is 9.95. The van der Waals surface area contributed by atoms with Gasteiger partial charge < -0.3 is 20.3 Å². The smallest absolute Gasteiger partial charge is 0.229 e. The average Bonchev–Trinajstić information content (AvgIpc) is 2.76. The van der Waals surface area contributed by atoms with Gasteiger partial charge in [0.05, 0.1) is 18.5 Å². The molecule has 1 aromatic carbocycles. The number of methoxy groups -OCH3 is 1. The number of ether oxygens (including phenoxy) is 1. The van der Waals surface area contributed by atoms with E-state index in [9.17, 15) is 4.79 Å². The number of hydrogen-bond acceptors (Lipinski definition) is 5. The third-order valence-corrected chi connectivity index (χ3v) is 3.35. The van der Waals surface area contributed by atoms with Crippen LogP contribution in [0.4, 0.5) is 11.4 Å². The molecule has 2 aromatic rings. The summed E-state index contributed by atoms with van der Waals surface area (Å²) in [5.41, 5.74) is 8.31. The molecule has 2 rings (SSSR count). The lowest BCUT2D eigenvalue weighted by Crippen LogP contribution is -2.12. The van der Waals surface area contributed by atoms with Gasteiger partial charge in [-0.25, -0.2) is 0 Å². The fourth-order valence-corrected chi connectivity index (χ4v) is 2.18.